The molecule has 8 heavy (non-hydrogen) atoms. The molecule has 0 rings (SSSR count). The van der Waals surface area contributed by atoms with Gasteiger partial charge in [0.15, 0.2) is 0 Å². The number of hydrogen-bond acceptors (Lipinski definition) is 2. The van der Waals surface area contributed by atoms with Crippen molar-refractivity contribution >= 4 is 0 Å². The Morgan fingerprint density at radius 1 is 1.50 bits per heavy atom. The molecular formula is C5H11O2Zr+3. The van der Waals surface area contributed by atoms with E-state index < -0.39 is 0 Å². The molecule has 0 atom stereocenters. The Balaban J connectivity index is 3.37. The predicted molar refractivity (Wildman–Crippen MR) is 27.0 cm³/mol. The van der Waals surface area contributed by atoms with E-state index in [2.05, 4.69) is 0 Å². The van der Waals surface area contributed by atoms with Gasteiger partial charge in [-0.2, -0.15) is 0 Å². The first-order valence-corrected chi connectivity index (χ1v) is 3.46. The van der Waals surface area contributed by atoms with Crippen LogP contribution in [0.15, 0.2) is 0 Å². The monoisotopic (exact) mass is 193 g/mol. The van der Waals surface area contributed by atoms with Crippen LogP contribution < -0.4 is 0 Å². The molecule has 0 aromatic rings. The van der Waals surface area contributed by atoms with E-state index in [0.29, 0.717) is 6.61 Å². The van der Waals surface area contributed by atoms with Gasteiger partial charge in [-0.3, -0.25) is 0 Å². The standard InChI is InChI=1S/C5H11O2.Zr/c1-5(2,6)4-7-3;/h4H2,1-3H3;/q-1;+4. The summed E-state index contributed by atoms with van der Waals surface area (Å²) in [6.07, 6.45) is 0. The summed E-state index contributed by atoms with van der Waals surface area (Å²) in [6, 6.07) is 0. The SMILES string of the molecule is COCC(C)(C)[O][Zr+3]. The maximum atomic E-state index is 5.14. The molecule has 0 aromatic carbocycles. The van der Waals surface area contributed by atoms with Crippen molar-refractivity contribution in [3.63, 3.8) is 0 Å². The Hall–Kier alpha value is 0.803. The summed E-state index contributed by atoms with van der Waals surface area (Å²) in [5.74, 6) is 0. The third-order valence-corrected chi connectivity index (χ3v) is 2.13. The second-order valence-corrected chi connectivity index (χ2v) is 2.80. The Kier molecular flexibility index (Phi) is 4.14. The quantitative estimate of drug-likeness (QED) is 0.664. The average molecular weight is 194 g/mol. The summed E-state index contributed by atoms with van der Waals surface area (Å²) in [7, 11) is 1.68. The van der Waals surface area contributed by atoms with Crippen molar-refractivity contribution in [1.29, 1.82) is 0 Å². The first-order valence-electron chi connectivity index (χ1n) is 2.46. The zero-order valence-corrected chi connectivity index (χ0v) is 7.98. The van der Waals surface area contributed by atoms with E-state index in [1.54, 1.807) is 7.11 Å². The van der Waals surface area contributed by atoms with Gasteiger partial charge in [0.1, 0.15) is 0 Å². The molecule has 0 amide bonds. The maximum absolute atomic E-state index is 5.14. The van der Waals surface area contributed by atoms with Crippen LogP contribution in [0.3, 0.4) is 0 Å². The van der Waals surface area contributed by atoms with Crippen molar-refractivity contribution in [2.45, 2.75) is 19.4 Å². The van der Waals surface area contributed by atoms with Crippen LogP contribution in [-0.4, -0.2) is 19.3 Å². The second-order valence-electron chi connectivity index (χ2n) is 2.29. The first-order chi connectivity index (χ1) is 3.62. The Morgan fingerprint density at radius 2 is 2.00 bits per heavy atom. The fourth-order valence-electron chi connectivity index (χ4n) is 0.377. The Labute approximate surface area is 66.0 Å². The Bertz CT molecular complexity index is 63.4. The molecule has 0 aliphatic rings. The summed E-state index contributed by atoms with van der Waals surface area (Å²) < 4.78 is 10.0. The first kappa shape index (κ1) is 8.80. The molecule has 0 radical (unpaired) electrons. The van der Waals surface area contributed by atoms with Gasteiger partial charge < -0.3 is 0 Å². The second kappa shape index (κ2) is 3.76. The topological polar surface area (TPSA) is 18.5 Å². The van der Waals surface area contributed by atoms with Crippen molar-refractivity contribution in [2.75, 3.05) is 13.7 Å². The van der Waals surface area contributed by atoms with Crippen LogP contribution in [0.1, 0.15) is 13.8 Å². The van der Waals surface area contributed by atoms with E-state index in [-0.39, 0.29) is 5.60 Å². The van der Waals surface area contributed by atoms with Gasteiger partial charge >= 0.3 is 65.9 Å². The fraction of sp³-hybridized carbons (Fsp3) is 1.00. The minimum atomic E-state index is -0.0902. The van der Waals surface area contributed by atoms with Crippen molar-refractivity contribution < 1.29 is 32.7 Å². The summed E-state index contributed by atoms with van der Waals surface area (Å²) in [5.41, 5.74) is -0.0902. The summed E-state index contributed by atoms with van der Waals surface area (Å²) in [6.45, 7) is 4.68. The van der Waals surface area contributed by atoms with Gasteiger partial charge in [-0.15, -0.1) is 0 Å². The number of ether oxygens (including phenoxy) is 1. The normalized spacial score (nSPS) is 12.1. The van der Waals surface area contributed by atoms with E-state index >= 15 is 0 Å². The van der Waals surface area contributed by atoms with E-state index in [9.17, 15) is 0 Å². The average Bonchev–Trinajstić information content (AvgIpc) is 1.67. The van der Waals surface area contributed by atoms with Gasteiger partial charge in [0.2, 0.25) is 0 Å². The van der Waals surface area contributed by atoms with Gasteiger partial charge in [-0.05, 0) is 0 Å². The zero-order chi connectivity index (χ0) is 6.62. The van der Waals surface area contributed by atoms with Gasteiger partial charge in [0, 0.05) is 0 Å². The molecule has 0 spiro atoms. The van der Waals surface area contributed by atoms with E-state index in [1.165, 1.54) is 0 Å². The van der Waals surface area contributed by atoms with Crippen LogP contribution in [0, 0.1) is 0 Å². The predicted octanol–water partition coefficient (Wildman–Crippen LogP) is 0.890. The van der Waals surface area contributed by atoms with Crippen LogP contribution >= 0.6 is 0 Å². The van der Waals surface area contributed by atoms with Gasteiger partial charge in [-0.25, -0.2) is 0 Å². The van der Waals surface area contributed by atoms with Crippen LogP contribution in [0.25, 0.3) is 0 Å². The van der Waals surface area contributed by atoms with Crippen molar-refractivity contribution in [3.8, 4) is 0 Å². The molecule has 0 N–H and O–H groups in total. The van der Waals surface area contributed by atoms with E-state index in [4.69, 9.17) is 7.55 Å². The summed E-state index contributed by atoms with van der Waals surface area (Å²) in [5, 5.41) is 0. The fourth-order valence-corrected chi connectivity index (χ4v) is 0.522. The number of rotatable bonds is 3. The molecule has 0 saturated heterocycles. The molecule has 0 unspecified atom stereocenters. The van der Waals surface area contributed by atoms with Crippen LogP contribution in [0.2, 0.25) is 0 Å². The molecule has 0 fully saturated rings. The van der Waals surface area contributed by atoms with Crippen LogP contribution in [0.5, 0.6) is 0 Å². The van der Waals surface area contributed by atoms with E-state index in [1.807, 2.05) is 13.8 Å². The van der Waals surface area contributed by atoms with Crippen LogP contribution in [0.4, 0.5) is 0 Å². The molecule has 2 nitrogen and oxygen atoms in total. The van der Waals surface area contributed by atoms with Crippen LogP contribution in [-0.2, 0) is 32.7 Å². The van der Waals surface area contributed by atoms with E-state index in [0.717, 1.165) is 25.2 Å². The van der Waals surface area contributed by atoms with Gasteiger partial charge in [0.05, 0.1) is 0 Å². The van der Waals surface area contributed by atoms with Gasteiger partial charge in [0.25, 0.3) is 0 Å². The molecule has 0 aromatic heterocycles. The molecular weight excluding hydrogens is 183 g/mol. The summed E-state index contributed by atoms with van der Waals surface area (Å²) >= 11 is 1.10. The molecule has 3 heteroatoms. The van der Waals surface area contributed by atoms with Crippen molar-refractivity contribution in [3.05, 3.63) is 0 Å². The summed E-state index contributed by atoms with van der Waals surface area (Å²) in [4.78, 5) is 0. The number of methoxy groups -OCH3 is 1. The molecule has 0 saturated carbocycles. The number of hydrogen-bond donors (Lipinski definition) is 0. The molecule has 0 aliphatic carbocycles. The Morgan fingerprint density at radius 3 is 2.12 bits per heavy atom. The molecule has 0 aliphatic heterocycles. The minimum absolute atomic E-state index is 0.0902. The third kappa shape index (κ3) is 3.76. The van der Waals surface area contributed by atoms with Crippen molar-refractivity contribution in [1.82, 2.24) is 0 Å². The van der Waals surface area contributed by atoms with Gasteiger partial charge in [-0.1, -0.05) is 0 Å². The third-order valence-electron chi connectivity index (χ3n) is 0.768. The van der Waals surface area contributed by atoms with Crippen molar-refractivity contribution in [2.24, 2.45) is 0 Å². The molecule has 0 heterocycles. The molecule has 0 bridgehead atoms. The molecule has 44 valence electrons. The zero-order valence-electron chi connectivity index (χ0n) is 5.52.